The lowest BCUT2D eigenvalue weighted by Gasteiger charge is -2.07. The molecule has 0 saturated heterocycles. The molecule has 3 rings (SSSR count). The van der Waals surface area contributed by atoms with E-state index in [1.54, 1.807) is 12.1 Å². The minimum absolute atomic E-state index is 0.135. The first kappa shape index (κ1) is 21.2. The third kappa shape index (κ3) is 5.29. The van der Waals surface area contributed by atoms with Gasteiger partial charge in [-0.05, 0) is 47.7 Å². The van der Waals surface area contributed by atoms with Gasteiger partial charge in [0.15, 0.2) is 10.9 Å². The van der Waals surface area contributed by atoms with E-state index in [1.807, 2.05) is 0 Å². The van der Waals surface area contributed by atoms with E-state index in [0.717, 1.165) is 36.0 Å². The van der Waals surface area contributed by atoms with Crippen LogP contribution in [0.4, 0.5) is 18.9 Å². The van der Waals surface area contributed by atoms with Crippen LogP contribution in [-0.2, 0) is 6.18 Å². The highest BCUT2D eigenvalue weighted by Gasteiger charge is 2.30. The number of hydrogen-bond acceptors (Lipinski definition) is 6. The van der Waals surface area contributed by atoms with E-state index in [0.29, 0.717) is 15.6 Å². The van der Waals surface area contributed by atoms with Crippen molar-refractivity contribution >= 4 is 29.3 Å². The minimum Gasteiger partial charge on any atom is -0.289 e. The normalized spacial score (nSPS) is 11.6. The van der Waals surface area contributed by atoms with E-state index in [2.05, 4.69) is 9.97 Å². The van der Waals surface area contributed by atoms with Gasteiger partial charge in [0, 0.05) is 24.0 Å². The maximum atomic E-state index is 12.8. The Morgan fingerprint density at radius 2 is 1.80 bits per heavy atom. The predicted molar refractivity (Wildman–Crippen MR) is 104 cm³/mol. The van der Waals surface area contributed by atoms with Gasteiger partial charge in [0.25, 0.3) is 5.69 Å². The molecular formula is C20H12F3N3O3S. The number of ketones is 1. The molecule has 0 aliphatic carbocycles. The number of carbonyl (C=O) groups is 1. The fourth-order valence-electron chi connectivity index (χ4n) is 2.42. The first-order valence-electron chi connectivity index (χ1n) is 8.37. The van der Waals surface area contributed by atoms with Gasteiger partial charge >= 0.3 is 6.18 Å². The molecule has 0 spiro atoms. The van der Waals surface area contributed by atoms with Crippen molar-refractivity contribution < 1.29 is 22.9 Å². The van der Waals surface area contributed by atoms with Crippen LogP contribution in [0.25, 0.3) is 6.08 Å². The number of nitro groups is 1. The van der Waals surface area contributed by atoms with Crippen molar-refractivity contribution in [2.45, 2.75) is 16.2 Å². The van der Waals surface area contributed by atoms with Crippen molar-refractivity contribution in [3.63, 3.8) is 0 Å². The zero-order valence-corrected chi connectivity index (χ0v) is 15.9. The first-order valence-corrected chi connectivity index (χ1v) is 9.18. The van der Waals surface area contributed by atoms with Gasteiger partial charge in [0.05, 0.1) is 15.4 Å². The molecule has 0 fully saturated rings. The second-order valence-corrected chi connectivity index (χ2v) is 6.90. The molecule has 3 aromatic rings. The minimum atomic E-state index is -4.56. The Kier molecular flexibility index (Phi) is 6.26. The molecule has 152 valence electrons. The molecule has 0 amide bonds. The van der Waals surface area contributed by atoms with Gasteiger partial charge in [-0.2, -0.15) is 13.2 Å². The number of aromatic nitrogens is 2. The molecule has 0 radical (unpaired) electrons. The van der Waals surface area contributed by atoms with Crippen LogP contribution in [0.15, 0.2) is 77.1 Å². The SMILES string of the molecule is O=C(C=Cc1ccc(Sc2ncccn2)c([N+](=O)[O-])c1)c1cccc(C(F)(F)F)c1. The third-order valence-electron chi connectivity index (χ3n) is 3.82. The number of benzene rings is 2. The highest BCUT2D eigenvalue weighted by Crippen LogP contribution is 2.34. The van der Waals surface area contributed by atoms with E-state index in [-0.39, 0.29) is 11.3 Å². The van der Waals surface area contributed by atoms with Crippen LogP contribution in [0.3, 0.4) is 0 Å². The van der Waals surface area contributed by atoms with E-state index >= 15 is 0 Å². The van der Waals surface area contributed by atoms with Gasteiger partial charge in [-0.3, -0.25) is 14.9 Å². The summed E-state index contributed by atoms with van der Waals surface area (Å²) in [6.45, 7) is 0. The highest BCUT2D eigenvalue weighted by molar-refractivity contribution is 7.99. The van der Waals surface area contributed by atoms with Crippen LogP contribution >= 0.6 is 11.8 Å². The van der Waals surface area contributed by atoms with Crippen molar-refractivity contribution in [2.75, 3.05) is 0 Å². The summed E-state index contributed by atoms with van der Waals surface area (Å²) < 4.78 is 38.4. The largest absolute Gasteiger partial charge is 0.416 e. The van der Waals surface area contributed by atoms with Crippen molar-refractivity contribution in [3.05, 3.63) is 93.8 Å². The van der Waals surface area contributed by atoms with E-state index in [1.165, 1.54) is 36.7 Å². The average molecular weight is 431 g/mol. The average Bonchev–Trinajstić information content (AvgIpc) is 2.73. The Morgan fingerprint density at radius 1 is 1.07 bits per heavy atom. The fourth-order valence-corrected chi connectivity index (χ4v) is 3.22. The molecule has 0 atom stereocenters. The molecule has 0 unspecified atom stereocenters. The summed E-state index contributed by atoms with van der Waals surface area (Å²) in [6.07, 6.45) is 0.844. The quantitative estimate of drug-likeness (QED) is 0.170. The molecule has 0 aliphatic rings. The predicted octanol–water partition coefficient (Wildman–Crippen LogP) is 5.45. The van der Waals surface area contributed by atoms with Gasteiger partial charge in [0.1, 0.15) is 0 Å². The second-order valence-electron chi connectivity index (χ2n) is 5.89. The van der Waals surface area contributed by atoms with Gasteiger partial charge in [-0.1, -0.05) is 24.3 Å². The molecule has 0 aliphatic heterocycles. The Morgan fingerprint density at radius 3 is 2.47 bits per heavy atom. The summed E-state index contributed by atoms with van der Waals surface area (Å²) in [4.78, 5) is 31.4. The molecule has 6 nitrogen and oxygen atoms in total. The van der Waals surface area contributed by atoms with E-state index in [9.17, 15) is 28.1 Å². The molecule has 1 aromatic heterocycles. The van der Waals surface area contributed by atoms with Crippen molar-refractivity contribution in [3.8, 4) is 0 Å². The Labute approximate surface area is 172 Å². The summed E-state index contributed by atoms with van der Waals surface area (Å²) in [6, 6.07) is 9.97. The van der Waals surface area contributed by atoms with Crippen molar-refractivity contribution in [2.24, 2.45) is 0 Å². The number of carbonyl (C=O) groups excluding carboxylic acids is 1. The third-order valence-corrected chi connectivity index (χ3v) is 4.78. The van der Waals surface area contributed by atoms with Gasteiger partial charge < -0.3 is 0 Å². The molecular weight excluding hydrogens is 419 g/mol. The zero-order chi connectivity index (χ0) is 21.7. The summed E-state index contributed by atoms with van der Waals surface area (Å²) in [5, 5.41) is 11.7. The van der Waals surface area contributed by atoms with Gasteiger partial charge in [0.2, 0.25) is 0 Å². The maximum Gasteiger partial charge on any atom is 0.416 e. The number of rotatable bonds is 6. The smallest absolute Gasteiger partial charge is 0.289 e. The topological polar surface area (TPSA) is 86.0 Å². The summed E-state index contributed by atoms with van der Waals surface area (Å²) >= 11 is 1.01. The molecule has 10 heteroatoms. The van der Waals surface area contributed by atoms with Crippen LogP contribution in [0, 0.1) is 10.1 Å². The number of nitro benzene ring substituents is 1. The number of halogens is 3. The molecule has 0 saturated carbocycles. The second kappa shape index (κ2) is 8.87. The molecule has 0 bridgehead atoms. The van der Waals surface area contributed by atoms with Crippen LogP contribution in [0.1, 0.15) is 21.5 Å². The molecule has 30 heavy (non-hydrogen) atoms. The Balaban J connectivity index is 1.83. The van der Waals surface area contributed by atoms with Crippen LogP contribution in [0.5, 0.6) is 0 Å². The van der Waals surface area contributed by atoms with Crippen molar-refractivity contribution in [1.82, 2.24) is 9.97 Å². The summed E-state index contributed by atoms with van der Waals surface area (Å²) in [7, 11) is 0. The highest BCUT2D eigenvalue weighted by atomic mass is 32.2. The van der Waals surface area contributed by atoms with E-state index < -0.39 is 22.4 Å². The summed E-state index contributed by atoms with van der Waals surface area (Å²) in [5.74, 6) is -0.653. The van der Waals surface area contributed by atoms with Gasteiger partial charge in [-0.25, -0.2) is 9.97 Å². The Hall–Kier alpha value is -3.53. The number of allylic oxidation sites excluding steroid dienone is 1. The number of nitrogens with zero attached hydrogens (tertiary/aromatic N) is 3. The zero-order valence-electron chi connectivity index (χ0n) is 15.0. The maximum absolute atomic E-state index is 12.8. The van der Waals surface area contributed by atoms with Crippen molar-refractivity contribution in [1.29, 1.82) is 0 Å². The monoisotopic (exact) mass is 431 g/mol. The Bertz CT molecular complexity index is 1120. The lowest BCUT2D eigenvalue weighted by Crippen LogP contribution is -2.06. The number of hydrogen-bond donors (Lipinski definition) is 0. The number of alkyl halides is 3. The standard InChI is InChI=1S/C20H12F3N3O3S/c21-20(22,23)15-4-1-3-14(12-15)17(27)7-5-13-6-8-18(16(11-13)26(28)29)30-19-24-9-2-10-25-19/h1-12H. The van der Waals surface area contributed by atoms with Crippen LogP contribution < -0.4 is 0 Å². The molecule has 1 heterocycles. The van der Waals surface area contributed by atoms with Crippen LogP contribution in [0.2, 0.25) is 0 Å². The van der Waals surface area contributed by atoms with E-state index in [4.69, 9.17) is 0 Å². The first-order chi connectivity index (χ1) is 14.2. The fraction of sp³-hybridized carbons (Fsp3) is 0.0500. The van der Waals surface area contributed by atoms with Gasteiger partial charge in [-0.15, -0.1) is 0 Å². The lowest BCUT2D eigenvalue weighted by molar-refractivity contribution is -0.387. The molecule has 2 aromatic carbocycles. The molecule has 0 N–H and O–H groups in total. The lowest BCUT2D eigenvalue weighted by atomic mass is 10.1. The van der Waals surface area contributed by atoms with Crippen LogP contribution in [-0.4, -0.2) is 20.7 Å². The summed E-state index contributed by atoms with van der Waals surface area (Å²) in [5.41, 5.74) is -0.924.